The second kappa shape index (κ2) is 5.43. The Morgan fingerprint density at radius 3 is 2.58 bits per heavy atom. The Balaban J connectivity index is 1.95. The van der Waals surface area contributed by atoms with Gasteiger partial charge in [-0.1, -0.05) is 5.16 Å². The van der Waals surface area contributed by atoms with Crippen molar-refractivity contribution < 1.29 is 22.5 Å². The van der Waals surface area contributed by atoms with Crippen LogP contribution in [0, 0.1) is 11.3 Å². The van der Waals surface area contributed by atoms with E-state index in [0.717, 1.165) is 10.7 Å². The van der Waals surface area contributed by atoms with Gasteiger partial charge in [0.2, 0.25) is 11.7 Å². The van der Waals surface area contributed by atoms with Crippen molar-refractivity contribution >= 4 is 5.78 Å². The van der Waals surface area contributed by atoms with Crippen molar-refractivity contribution in [3.05, 3.63) is 17.7 Å². The van der Waals surface area contributed by atoms with E-state index < -0.39 is 17.3 Å². The number of rotatable bonds is 2. The van der Waals surface area contributed by atoms with Gasteiger partial charge in [0, 0.05) is 19.9 Å². The van der Waals surface area contributed by atoms with Gasteiger partial charge in [-0.15, -0.1) is 0 Å². The number of halogens is 3. The highest BCUT2D eigenvalue weighted by Gasteiger charge is 2.42. The van der Waals surface area contributed by atoms with E-state index in [1.807, 2.05) is 0 Å². The number of nitrogens with zero attached hydrogens (tertiary/aromatic N) is 5. The molecule has 2 aromatic rings. The molecule has 0 atom stereocenters. The third-order valence-electron chi connectivity index (χ3n) is 4.11. The standard InChI is InChI=1S/C14H12F3N5O2/c1-22-9(6-10(20-22)14(15,16)17)11-19-12(24-21-11)13(7-18)4-2-8(23)3-5-13/h6H,2-5H2,1H3. The smallest absolute Gasteiger partial charge is 0.337 e. The molecule has 0 saturated heterocycles. The number of hydrogen-bond acceptors (Lipinski definition) is 6. The lowest BCUT2D eigenvalue weighted by Gasteiger charge is -2.25. The molecule has 24 heavy (non-hydrogen) atoms. The third kappa shape index (κ3) is 2.66. The molecule has 1 aliphatic rings. The number of nitriles is 1. The van der Waals surface area contributed by atoms with Gasteiger partial charge in [0.05, 0.1) is 6.07 Å². The molecule has 0 amide bonds. The fourth-order valence-electron chi connectivity index (χ4n) is 2.67. The Labute approximate surface area is 134 Å². The first-order chi connectivity index (χ1) is 11.2. The highest BCUT2D eigenvalue weighted by Crippen LogP contribution is 2.38. The zero-order valence-corrected chi connectivity index (χ0v) is 12.6. The maximum Gasteiger partial charge on any atom is 0.435 e. The molecule has 3 rings (SSSR count). The molecule has 1 fully saturated rings. The van der Waals surface area contributed by atoms with Gasteiger partial charge in [0.25, 0.3) is 0 Å². The minimum absolute atomic E-state index is 0.0160. The van der Waals surface area contributed by atoms with Crippen molar-refractivity contribution in [2.45, 2.75) is 37.3 Å². The number of hydrogen-bond donors (Lipinski definition) is 0. The predicted molar refractivity (Wildman–Crippen MR) is 72.3 cm³/mol. The van der Waals surface area contributed by atoms with Crippen molar-refractivity contribution in [2.24, 2.45) is 7.05 Å². The van der Waals surface area contributed by atoms with Crippen LogP contribution in [0.5, 0.6) is 0 Å². The summed E-state index contributed by atoms with van der Waals surface area (Å²) in [7, 11) is 1.33. The van der Waals surface area contributed by atoms with Crippen LogP contribution in [0.4, 0.5) is 13.2 Å². The van der Waals surface area contributed by atoms with Crippen LogP contribution < -0.4 is 0 Å². The fraction of sp³-hybridized carbons (Fsp3) is 0.500. The van der Waals surface area contributed by atoms with Crippen LogP contribution in [0.15, 0.2) is 10.6 Å². The van der Waals surface area contributed by atoms with E-state index in [-0.39, 0.29) is 48.9 Å². The largest absolute Gasteiger partial charge is 0.435 e. The Hall–Kier alpha value is -2.70. The summed E-state index contributed by atoms with van der Waals surface area (Å²) in [5, 5.41) is 16.5. The van der Waals surface area contributed by atoms with Gasteiger partial charge in [-0.2, -0.15) is 28.5 Å². The van der Waals surface area contributed by atoms with Crippen LogP contribution in [-0.2, 0) is 23.4 Å². The molecule has 0 aliphatic heterocycles. The molecule has 0 radical (unpaired) electrons. The first kappa shape index (κ1) is 16.2. The van der Waals surface area contributed by atoms with Gasteiger partial charge in [0.1, 0.15) is 16.9 Å². The maximum atomic E-state index is 12.7. The number of alkyl halides is 3. The molecular formula is C14H12F3N5O2. The summed E-state index contributed by atoms with van der Waals surface area (Å²) in [6, 6.07) is 2.93. The van der Waals surface area contributed by atoms with Gasteiger partial charge >= 0.3 is 6.18 Å². The van der Waals surface area contributed by atoms with E-state index in [4.69, 9.17) is 4.52 Å². The number of carbonyl (C=O) groups excluding carboxylic acids is 1. The minimum atomic E-state index is -4.58. The molecule has 126 valence electrons. The Morgan fingerprint density at radius 1 is 1.38 bits per heavy atom. The molecule has 2 aromatic heterocycles. The molecule has 0 N–H and O–H groups in total. The zero-order chi connectivity index (χ0) is 17.5. The first-order valence-corrected chi connectivity index (χ1v) is 7.14. The number of aromatic nitrogens is 4. The molecular weight excluding hydrogens is 327 g/mol. The van der Waals surface area contributed by atoms with Crippen LogP contribution in [0.25, 0.3) is 11.5 Å². The third-order valence-corrected chi connectivity index (χ3v) is 4.11. The molecule has 0 spiro atoms. The lowest BCUT2D eigenvalue weighted by molar-refractivity contribution is -0.141. The van der Waals surface area contributed by atoms with Crippen LogP contribution in [0.3, 0.4) is 0 Å². The monoisotopic (exact) mass is 339 g/mol. The predicted octanol–water partition coefficient (Wildman–Crippen LogP) is 2.39. The van der Waals surface area contributed by atoms with Crippen LogP contribution in [0.2, 0.25) is 0 Å². The van der Waals surface area contributed by atoms with Crippen LogP contribution in [-0.4, -0.2) is 25.7 Å². The average Bonchev–Trinajstić information content (AvgIpc) is 3.15. The van der Waals surface area contributed by atoms with Crippen LogP contribution in [0.1, 0.15) is 37.3 Å². The summed E-state index contributed by atoms with van der Waals surface area (Å²) in [6.45, 7) is 0. The van der Waals surface area contributed by atoms with Crippen molar-refractivity contribution in [1.29, 1.82) is 5.26 Å². The Morgan fingerprint density at radius 2 is 2.04 bits per heavy atom. The first-order valence-electron chi connectivity index (χ1n) is 7.14. The normalized spacial score (nSPS) is 17.7. The molecule has 2 heterocycles. The average molecular weight is 339 g/mol. The molecule has 0 bridgehead atoms. The quantitative estimate of drug-likeness (QED) is 0.833. The van der Waals surface area contributed by atoms with Gasteiger partial charge in [0.15, 0.2) is 5.69 Å². The lowest BCUT2D eigenvalue weighted by Crippen LogP contribution is -2.30. The van der Waals surface area contributed by atoms with Gasteiger partial charge in [-0.3, -0.25) is 9.48 Å². The minimum Gasteiger partial charge on any atom is -0.337 e. The fourth-order valence-corrected chi connectivity index (χ4v) is 2.67. The summed E-state index contributed by atoms with van der Waals surface area (Å²) in [5.41, 5.74) is -2.12. The number of aryl methyl sites for hydroxylation is 1. The molecule has 1 saturated carbocycles. The maximum absolute atomic E-state index is 12.7. The van der Waals surface area contributed by atoms with Crippen molar-refractivity contribution in [1.82, 2.24) is 19.9 Å². The lowest BCUT2D eigenvalue weighted by atomic mass is 9.74. The van der Waals surface area contributed by atoms with E-state index in [1.165, 1.54) is 7.05 Å². The number of ketones is 1. The van der Waals surface area contributed by atoms with E-state index in [2.05, 4.69) is 21.3 Å². The highest BCUT2D eigenvalue weighted by molar-refractivity contribution is 5.79. The van der Waals surface area contributed by atoms with Crippen LogP contribution >= 0.6 is 0 Å². The second-order valence-corrected chi connectivity index (χ2v) is 5.69. The molecule has 1 aliphatic carbocycles. The van der Waals surface area contributed by atoms with E-state index in [1.54, 1.807) is 0 Å². The molecule has 7 nitrogen and oxygen atoms in total. The van der Waals surface area contributed by atoms with E-state index in [0.29, 0.717) is 0 Å². The summed E-state index contributed by atoms with van der Waals surface area (Å²) in [6.07, 6.45) is -3.61. The van der Waals surface area contributed by atoms with Crippen molar-refractivity contribution in [3.8, 4) is 17.6 Å². The van der Waals surface area contributed by atoms with Gasteiger partial charge < -0.3 is 4.52 Å². The topological polar surface area (TPSA) is 97.6 Å². The summed E-state index contributed by atoms with van der Waals surface area (Å²) in [5.74, 6) is -0.00801. The summed E-state index contributed by atoms with van der Waals surface area (Å²) >= 11 is 0. The van der Waals surface area contributed by atoms with Crippen molar-refractivity contribution in [2.75, 3.05) is 0 Å². The van der Waals surface area contributed by atoms with E-state index >= 15 is 0 Å². The number of carbonyl (C=O) groups is 1. The molecule has 10 heteroatoms. The van der Waals surface area contributed by atoms with Gasteiger partial charge in [-0.05, 0) is 18.9 Å². The molecule has 0 unspecified atom stereocenters. The summed E-state index contributed by atoms with van der Waals surface area (Å²) < 4.78 is 44.3. The molecule has 0 aromatic carbocycles. The summed E-state index contributed by atoms with van der Waals surface area (Å²) in [4.78, 5) is 15.5. The number of Topliss-reactive ketones (excluding diaryl/α,β-unsaturated/α-hetero) is 1. The van der Waals surface area contributed by atoms with E-state index in [9.17, 15) is 23.2 Å². The SMILES string of the molecule is Cn1nc(C(F)(F)F)cc1-c1noc(C2(C#N)CCC(=O)CC2)n1. The Bertz CT molecular complexity index is 820. The van der Waals surface area contributed by atoms with Crippen molar-refractivity contribution in [3.63, 3.8) is 0 Å². The zero-order valence-electron chi connectivity index (χ0n) is 12.6. The van der Waals surface area contributed by atoms with Gasteiger partial charge in [-0.25, -0.2) is 0 Å². The second-order valence-electron chi connectivity index (χ2n) is 5.69. The Kier molecular flexibility index (Phi) is 3.66. The highest BCUT2D eigenvalue weighted by atomic mass is 19.4.